The number of rotatable bonds is 5. The lowest BCUT2D eigenvalue weighted by Gasteiger charge is -2.32. The van der Waals surface area contributed by atoms with Crippen LogP contribution in [0.25, 0.3) is 22.1 Å². The summed E-state index contributed by atoms with van der Waals surface area (Å²) < 4.78 is 11.9. The molecule has 5 aromatic rings. The van der Waals surface area contributed by atoms with Crippen molar-refractivity contribution >= 4 is 11.0 Å². The van der Waals surface area contributed by atoms with Crippen LogP contribution in [0.3, 0.4) is 0 Å². The van der Waals surface area contributed by atoms with Crippen molar-refractivity contribution in [1.82, 2.24) is 4.90 Å². The molecule has 0 saturated carbocycles. The van der Waals surface area contributed by atoms with Crippen molar-refractivity contribution in [2.24, 2.45) is 0 Å². The molecule has 172 valence electrons. The van der Waals surface area contributed by atoms with Gasteiger partial charge in [-0.05, 0) is 34.4 Å². The predicted octanol–water partition coefficient (Wildman–Crippen LogP) is 6.44. The molecule has 0 saturated heterocycles. The van der Waals surface area contributed by atoms with Crippen molar-refractivity contribution in [3.05, 3.63) is 136 Å². The van der Waals surface area contributed by atoms with E-state index in [2.05, 4.69) is 53.4 Å². The lowest BCUT2D eigenvalue weighted by atomic mass is 9.90. The van der Waals surface area contributed by atoms with E-state index in [1.54, 1.807) is 6.07 Å². The van der Waals surface area contributed by atoms with Crippen LogP contribution in [0.15, 0.2) is 118 Å². The molecule has 0 spiro atoms. The Balaban J connectivity index is 1.38. The number of hydrogen-bond donors (Lipinski definition) is 0. The van der Waals surface area contributed by atoms with Gasteiger partial charge in [0, 0.05) is 30.5 Å². The summed E-state index contributed by atoms with van der Waals surface area (Å²) in [6.45, 7) is 1.91. The summed E-state index contributed by atoms with van der Waals surface area (Å²) in [5.74, 6) is 0.975. The maximum Gasteiger partial charge on any atom is 0.336 e. The van der Waals surface area contributed by atoms with Gasteiger partial charge in [0.05, 0.1) is 5.56 Å². The van der Waals surface area contributed by atoms with Crippen LogP contribution in [0.5, 0.6) is 5.75 Å². The molecule has 6 rings (SSSR count). The smallest absolute Gasteiger partial charge is 0.336 e. The molecule has 4 nitrogen and oxygen atoms in total. The van der Waals surface area contributed by atoms with E-state index in [0.29, 0.717) is 18.9 Å². The zero-order valence-corrected chi connectivity index (χ0v) is 19.3. The summed E-state index contributed by atoms with van der Waals surface area (Å²) >= 11 is 0. The lowest BCUT2D eigenvalue weighted by molar-refractivity contribution is 0.0926. The van der Waals surface area contributed by atoms with Gasteiger partial charge in [-0.2, -0.15) is 0 Å². The first kappa shape index (κ1) is 21.4. The maximum absolute atomic E-state index is 12.6. The Morgan fingerprint density at radius 2 is 1.40 bits per heavy atom. The molecule has 0 unspecified atom stereocenters. The van der Waals surface area contributed by atoms with Crippen molar-refractivity contribution in [3.8, 4) is 16.9 Å². The third kappa shape index (κ3) is 4.25. The topological polar surface area (TPSA) is 42.7 Å². The second kappa shape index (κ2) is 9.24. The number of nitrogens with zero attached hydrogens (tertiary/aromatic N) is 1. The molecule has 0 atom stereocenters. The molecule has 35 heavy (non-hydrogen) atoms. The molecule has 0 bridgehead atoms. The highest BCUT2D eigenvalue weighted by atomic mass is 16.5. The lowest BCUT2D eigenvalue weighted by Crippen LogP contribution is -2.35. The molecular formula is C31H25NO3. The quantitative estimate of drug-likeness (QED) is 0.284. The van der Waals surface area contributed by atoms with E-state index in [4.69, 9.17) is 9.15 Å². The van der Waals surface area contributed by atoms with E-state index >= 15 is 0 Å². The van der Waals surface area contributed by atoms with Gasteiger partial charge in [-0.3, -0.25) is 4.90 Å². The molecule has 4 aromatic carbocycles. The normalized spacial score (nSPS) is 13.5. The van der Waals surface area contributed by atoms with E-state index in [1.165, 1.54) is 11.1 Å². The number of hydrogen-bond acceptors (Lipinski definition) is 4. The minimum absolute atomic E-state index is 0.199. The van der Waals surface area contributed by atoms with Gasteiger partial charge in [-0.15, -0.1) is 0 Å². The van der Waals surface area contributed by atoms with Gasteiger partial charge in [0.25, 0.3) is 0 Å². The molecule has 2 heterocycles. The fourth-order valence-corrected chi connectivity index (χ4v) is 4.99. The second-order valence-corrected chi connectivity index (χ2v) is 8.92. The minimum atomic E-state index is -0.353. The van der Waals surface area contributed by atoms with Crippen molar-refractivity contribution < 1.29 is 9.15 Å². The van der Waals surface area contributed by atoms with Crippen LogP contribution in [-0.4, -0.2) is 18.2 Å². The molecule has 0 fully saturated rings. The Morgan fingerprint density at radius 3 is 2.06 bits per heavy atom. The van der Waals surface area contributed by atoms with Crippen LogP contribution in [0, 0.1) is 0 Å². The third-order valence-electron chi connectivity index (χ3n) is 6.69. The average molecular weight is 460 g/mol. The minimum Gasteiger partial charge on any atom is -0.478 e. The zero-order chi connectivity index (χ0) is 23.6. The van der Waals surface area contributed by atoms with Gasteiger partial charge in [0.15, 0.2) is 0 Å². The van der Waals surface area contributed by atoms with Gasteiger partial charge < -0.3 is 9.15 Å². The maximum atomic E-state index is 12.6. The summed E-state index contributed by atoms with van der Waals surface area (Å²) in [6, 6.07) is 36.7. The second-order valence-electron chi connectivity index (χ2n) is 8.92. The van der Waals surface area contributed by atoms with E-state index < -0.39 is 0 Å². The van der Waals surface area contributed by atoms with Crippen molar-refractivity contribution in [2.45, 2.75) is 12.5 Å². The van der Waals surface area contributed by atoms with Crippen LogP contribution in [-0.2, 0) is 6.54 Å². The van der Waals surface area contributed by atoms with Crippen LogP contribution < -0.4 is 10.4 Å². The standard InChI is InChI=1S/C31H25NO3/c33-30-18-26(22-10-4-1-5-11-22)25-16-17-29-28(31(25)35-30)20-32(21-34-29)19-27(23-12-6-2-7-13-23)24-14-8-3-9-15-24/h1-18,27H,19-21H2. The highest BCUT2D eigenvalue weighted by Gasteiger charge is 2.26. The Hall–Kier alpha value is -4.15. The number of fused-ring (bicyclic) bond motifs is 3. The molecule has 1 aliphatic rings. The van der Waals surface area contributed by atoms with E-state index in [0.717, 1.165) is 34.4 Å². The zero-order valence-electron chi connectivity index (χ0n) is 19.3. The van der Waals surface area contributed by atoms with Gasteiger partial charge in [0.2, 0.25) is 0 Å². The highest BCUT2D eigenvalue weighted by Crippen LogP contribution is 2.37. The number of benzene rings is 4. The van der Waals surface area contributed by atoms with Crippen LogP contribution in [0.1, 0.15) is 22.6 Å². The summed E-state index contributed by atoms with van der Waals surface area (Å²) in [5.41, 5.74) is 5.57. The predicted molar refractivity (Wildman–Crippen MR) is 139 cm³/mol. The fraction of sp³-hybridized carbons (Fsp3) is 0.129. The Kier molecular flexibility index (Phi) is 5.65. The van der Waals surface area contributed by atoms with Gasteiger partial charge in [-0.1, -0.05) is 91.0 Å². The van der Waals surface area contributed by atoms with Crippen LogP contribution >= 0.6 is 0 Å². The molecule has 0 aliphatic carbocycles. The Morgan fingerprint density at radius 1 is 0.771 bits per heavy atom. The molecule has 0 radical (unpaired) electrons. The summed E-state index contributed by atoms with van der Waals surface area (Å²) in [5, 5.41) is 0.919. The monoisotopic (exact) mass is 459 g/mol. The fourth-order valence-electron chi connectivity index (χ4n) is 4.99. The highest BCUT2D eigenvalue weighted by molar-refractivity contribution is 5.95. The van der Waals surface area contributed by atoms with E-state index in [1.807, 2.05) is 54.6 Å². The Labute approximate surface area is 204 Å². The van der Waals surface area contributed by atoms with Crippen molar-refractivity contribution in [1.29, 1.82) is 0 Å². The molecule has 1 aliphatic heterocycles. The summed E-state index contributed by atoms with van der Waals surface area (Å²) in [6.07, 6.45) is 0. The largest absolute Gasteiger partial charge is 0.478 e. The van der Waals surface area contributed by atoms with Crippen LogP contribution in [0.2, 0.25) is 0 Å². The average Bonchev–Trinajstić information content (AvgIpc) is 2.92. The molecule has 0 N–H and O–H groups in total. The molecular weight excluding hydrogens is 434 g/mol. The number of ether oxygens (including phenoxy) is 1. The van der Waals surface area contributed by atoms with E-state index in [9.17, 15) is 4.79 Å². The van der Waals surface area contributed by atoms with Crippen molar-refractivity contribution in [3.63, 3.8) is 0 Å². The molecule has 4 heteroatoms. The first-order valence-electron chi connectivity index (χ1n) is 11.9. The van der Waals surface area contributed by atoms with Crippen LogP contribution in [0.4, 0.5) is 0 Å². The molecule has 1 aromatic heterocycles. The SMILES string of the molecule is O=c1cc(-c2ccccc2)c2ccc3c(c2o1)CN(CC(c1ccccc1)c1ccccc1)CO3. The Bertz CT molecular complexity index is 1470. The summed E-state index contributed by atoms with van der Waals surface area (Å²) in [4.78, 5) is 14.9. The first-order valence-corrected chi connectivity index (χ1v) is 11.9. The van der Waals surface area contributed by atoms with E-state index in [-0.39, 0.29) is 11.5 Å². The van der Waals surface area contributed by atoms with Gasteiger partial charge in [-0.25, -0.2) is 4.79 Å². The molecule has 0 amide bonds. The van der Waals surface area contributed by atoms with Gasteiger partial charge >= 0.3 is 5.63 Å². The third-order valence-corrected chi connectivity index (χ3v) is 6.69. The van der Waals surface area contributed by atoms with Gasteiger partial charge in [0.1, 0.15) is 18.1 Å². The van der Waals surface area contributed by atoms with Crippen molar-refractivity contribution in [2.75, 3.05) is 13.3 Å². The first-order chi connectivity index (χ1) is 17.3. The summed E-state index contributed by atoms with van der Waals surface area (Å²) in [7, 11) is 0.